The second-order valence-corrected chi connectivity index (χ2v) is 13.5. The molecule has 2 bridgehead atoms. The highest BCUT2D eigenvalue weighted by Gasteiger charge is 2.54. The molecule has 41 heavy (non-hydrogen) atoms. The molecule has 2 aliphatic carbocycles. The number of fused-ring (bicyclic) bond motifs is 2. The first-order valence-electron chi connectivity index (χ1n) is 12.8. The number of aliphatic hydroxyl groups is 1. The Morgan fingerprint density at radius 1 is 1.12 bits per heavy atom. The smallest absolute Gasteiger partial charge is 0.323 e. The van der Waals surface area contributed by atoms with Crippen LogP contribution in [-0.4, -0.2) is 48.9 Å². The van der Waals surface area contributed by atoms with Crippen molar-refractivity contribution in [2.24, 2.45) is 23.5 Å². The maximum Gasteiger partial charge on any atom is 0.323 e. The Kier molecular flexibility index (Phi) is 10.1. The lowest BCUT2D eigenvalue weighted by Gasteiger charge is -2.40. The van der Waals surface area contributed by atoms with E-state index in [1.54, 1.807) is 13.8 Å². The van der Waals surface area contributed by atoms with Crippen LogP contribution < -0.4 is 11.1 Å². The van der Waals surface area contributed by atoms with Crippen molar-refractivity contribution in [1.82, 2.24) is 0 Å². The van der Waals surface area contributed by atoms with Gasteiger partial charge < -0.3 is 20.9 Å². The van der Waals surface area contributed by atoms with Gasteiger partial charge >= 0.3 is 5.97 Å². The van der Waals surface area contributed by atoms with Crippen molar-refractivity contribution in [3.05, 3.63) is 58.4 Å². The van der Waals surface area contributed by atoms with Crippen LogP contribution in [0.4, 0.5) is 18.9 Å². The Bertz CT molecular complexity index is 1410. The van der Waals surface area contributed by atoms with Gasteiger partial charge in [0.15, 0.2) is 27.3 Å². The second-order valence-electron chi connectivity index (χ2n) is 11.0. The van der Waals surface area contributed by atoms with Crippen LogP contribution in [0.25, 0.3) is 0 Å². The van der Waals surface area contributed by atoms with E-state index in [1.165, 1.54) is 12.1 Å². The number of halogens is 5. The molecule has 2 aromatic carbocycles. The molecular formula is C27H31Cl2F3N2O6S. The number of sulfone groups is 1. The number of anilines is 1. The first kappa shape index (κ1) is 33.1. The molecule has 0 aliphatic heterocycles. The summed E-state index contributed by atoms with van der Waals surface area (Å²) in [5.41, 5.74) is 3.89. The van der Waals surface area contributed by atoms with E-state index in [0.717, 1.165) is 6.07 Å². The molecule has 0 saturated heterocycles. The lowest BCUT2D eigenvalue weighted by Crippen LogP contribution is -2.49. The molecule has 5 atom stereocenters. The van der Waals surface area contributed by atoms with Gasteiger partial charge in [-0.1, -0.05) is 25.4 Å². The maximum absolute atomic E-state index is 13.8. The van der Waals surface area contributed by atoms with E-state index in [1.807, 2.05) is 0 Å². The molecule has 2 aliphatic rings. The maximum atomic E-state index is 13.8. The normalized spacial score (nSPS) is 24.5. The first-order valence-corrected chi connectivity index (χ1v) is 14.7. The molecular weight excluding hydrogens is 608 g/mol. The standard InChI is InChI=1S/C27H30ClF3N2O6S.ClH/c1-13(2)23(32)26(35)39-12-27(36)10-15-3-4-16(11-27)24(15)40(37,38)21-7-14(5-6-18(21)28)25(34)33-17-8-19(29)22(31)20(30)9-17;/h5-9,13,15-16,23-24,36H,3-4,10-12,32H2,1-2H3,(H,33,34);1H/t15-,16?,23-,24?,27?;/m0./s1. The average Bonchev–Trinajstić information content (AvgIpc) is 3.18. The summed E-state index contributed by atoms with van der Waals surface area (Å²) in [6.45, 7) is 3.24. The molecule has 0 spiro atoms. The number of rotatable bonds is 8. The number of nitrogens with two attached hydrogens (primary N) is 1. The predicted molar refractivity (Wildman–Crippen MR) is 148 cm³/mol. The zero-order valence-electron chi connectivity index (χ0n) is 22.2. The number of benzene rings is 2. The molecule has 1 amide bonds. The van der Waals surface area contributed by atoms with Crippen molar-refractivity contribution in [3.63, 3.8) is 0 Å². The fourth-order valence-electron chi connectivity index (χ4n) is 5.68. The van der Waals surface area contributed by atoms with Crippen LogP contribution in [-0.2, 0) is 19.4 Å². The molecule has 2 saturated carbocycles. The Balaban J connectivity index is 0.00000462. The van der Waals surface area contributed by atoms with Crippen molar-refractivity contribution in [3.8, 4) is 0 Å². The van der Waals surface area contributed by atoms with Gasteiger partial charge in [-0.3, -0.25) is 9.59 Å². The van der Waals surface area contributed by atoms with E-state index in [9.17, 15) is 36.3 Å². The molecule has 226 valence electrons. The lowest BCUT2D eigenvalue weighted by molar-refractivity contribution is -0.157. The summed E-state index contributed by atoms with van der Waals surface area (Å²) in [5.74, 6) is -7.28. The van der Waals surface area contributed by atoms with Crippen LogP contribution in [0, 0.1) is 35.2 Å². The number of hydrogen-bond acceptors (Lipinski definition) is 7. The van der Waals surface area contributed by atoms with E-state index in [4.69, 9.17) is 22.1 Å². The van der Waals surface area contributed by atoms with Crippen LogP contribution in [0.15, 0.2) is 35.2 Å². The number of carbonyl (C=O) groups excluding carboxylic acids is 2. The Morgan fingerprint density at radius 3 is 2.22 bits per heavy atom. The number of hydrogen-bond donors (Lipinski definition) is 3. The molecule has 2 aromatic rings. The van der Waals surface area contributed by atoms with Gasteiger partial charge in [0.1, 0.15) is 12.6 Å². The fraction of sp³-hybridized carbons (Fsp3) is 0.481. The van der Waals surface area contributed by atoms with Crippen molar-refractivity contribution in [2.75, 3.05) is 11.9 Å². The van der Waals surface area contributed by atoms with Crippen molar-refractivity contribution in [2.45, 2.75) is 61.3 Å². The van der Waals surface area contributed by atoms with Crippen LogP contribution >= 0.6 is 24.0 Å². The molecule has 14 heteroatoms. The van der Waals surface area contributed by atoms with E-state index in [-0.39, 0.29) is 58.9 Å². The predicted octanol–water partition coefficient (Wildman–Crippen LogP) is 4.65. The SMILES string of the molecule is CC(C)[C@H](N)C(=O)OCC1(O)CC2CC[C@@H](C1)C2S(=O)(=O)c1cc(C(=O)Nc2cc(F)c(F)c(F)c2)ccc1Cl.Cl. The van der Waals surface area contributed by atoms with Gasteiger partial charge in [0.2, 0.25) is 0 Å². The Morgan fingerprint density at radius 2 is 1.68 bits per heavy atom. The summed E-state index contributed by atoms with van der Waals surface area (Å²) in [7, 11) is -4.10. The van der Waals surface area contributed by atoms with Gasteiger partial charge in [-0.2, -0.15) is 0 Å². The molecule has 8 nitrogen and oxygen atoms in total. The number of esters is 1. The van der Waals surface area contributed by atoms with Gasteiger partial charge in [0.05, 0.1) is 20.8 Å². The third-order valence-electron chi connectivity index (χ3n) is 7.70. The molecule has 2 fully saturated rings. The summed E-state index contributed by atoms with van der Waals surface area (Å²) in [4.78, 5) is 24.7. The number of nitrogens with one attached hydrogen (secondary N) is 1. The van der Waals surface area contributed by atoms with Crippen molar-refractivity contribution >= 4 is 51.4 Å². The van der Waals surface area contributed by atoms with Gasteiger partial charge in [-0.25, -0.2) is 21.6 Å². The first-order chi connectivity index (χ1) is 18.6. The second kappa shape index (κ2) is 12.5. The van der Waals surface area contributed by atoms with Crippen molar-refractivity contribution in [1.29, 1.82) is 0 Å². The zero-order valence-corrected chi connectivity index (χ0v) is 24.6. The number of amides is 1. The van der Waals surface area contributed by atoms with Crippen molar-refractivity contribution < 1.29 is 41.0 Å². The van der Waals surface area contributed by atoms with Crippen LogP contribution in [0.5, 0.6) is 0 Å². The average molecular weight is 640 g/mol. The summed E-state index contributed by atoms with van der Waals surface area (Å²) in [6.07, 6.45) is 1.21. The number of ether oxygens (including phenoxy) is 1. The summed E-state index contributed by atoms with van der Waals surface area (Å²) in [6, 6.07) is 3.91. The van der Waals surface area contributed by atoms with Gasteiger partial charge in [0.25, 0.3) is 5.91 Å². The quantitative estimate of drug-likeness (QED) is 0.283. The zero-order chi connectivity index (χ0) is 29.6. The molecule has 0 aromatic heterocycles. The number of carbonyl (C=O) groups is 2. The minimum atomic E-state index is -4.10. The minimum absolute atomic E-state index is 0. The van der Waals surface area contributed by atoms with Crippen LogP contribution in [0.3, 0.4) is 0 Å². The fourth-order valence-corrected chi connectivity index (χ4v) is 8.52. The highest BCUT2D eigenvalue weighted by atomic mass is 35.5. The summed E-state index contributed by atoms with van der Waals surface area (Å²) >= 11 is 6.26. The Labute approximate surface area is 247 Å². The van der Waals surface area contributed by atoms with Crippen LogP contribution in [0.1, 0.15) is 49.9 Å². The highest BCUT2D eigenvalue weighted by molar-refractivity contribution is 7.92. The van der Waals surface area contributed by atoms with Gasteiger partial charge in [0, 0.05) is 23.4 Å². The van der Waals surface area contributed by atoms with Gasteiger partial charge in [-0.05, 0) is 61.6 Å². The highest BCUT2D eigenvalue weighted by Crippen LogP contribution is 2.51. The molecule has 4 N–H and O–H groups in total. The largest absolute Gasteiger partial charge is 0.461 e. The summed E-state index contributed by atoms with van der Waals surface area (Å²) in [5, 5.41) is 12.4. The molecule has 0 heterocycles. The summed E-state index contributed by atoms with van der Waals surface area (Å²) < 4.78 is 73.3. The van der Waals surface area contributed by atoms with E-state index < -0.39 is 67.9 Å². The van der Waals surface area contributed by atoms with E-state index in [0.29, 0.717) is 25.0 Å². The molecule has 4 rings (SSSR count). The van der Waals surface area contributed by atoms with Crippen LogP contribution in [0.2, 0.25) is 5.02 Å². The van der Waals surface area contributed by atoms with E-state index in [2.05, 4.69) is 5.32 Å². The lowest BCUT2D eigenvalue weighted by atomic mass is 9.77. The third kappa shape index (κ3) is 6.83. The topological polar surface area (TPSA) is 136 Å². The molecule has 0 radical (unpaired) electrons. The molecule has 3 unspecified atom stereocenters. The monoisotopic (exact) mass is 638 g/mol. The minimum Gasteiger partial charge on any atom is -0.461 e. The van der Waals surface area contributed by atoms with E-state index >= 15 is 0 Å². The third-order valence-corrected chi connectivity index (χ3v) is 10.6. The van der Waals surface area contributed by atoms with Gasteiger partial charge in [-0.15, -0.1) is 12.4 Å². The Hall–Kier alpha value is -2.38.